The molecule has 0 spiro atoms. The summed E-state index contributed by atoms with van der Waals surface area (Å²) >= 11 is 0. The monoisotopic (exact) mass is 545 g/mol. The van der Waals surface area contributed by atoms with Crippen molar-refractivity contribution < 1.29 is 32.3 Å². The van der Waals surface area contributed by atoms with Crippen LogP contribution in [0.2, 0.25) is 0 Å². The molecule has 2 amide bonds. The van der Waals surface area contributed by atoms with E-state index in [1.54, 1.807) is 30.3 Å². The number of nitrogens with one attached hydrogen (secondary N) is 1. The molecule has 11 heteroatoms. The number of aliphatic carboxylic acids is 1. The summed E-state index contributed by atoms with van der Waals surface area (Å²) < 4.78 is 41.8. The highest BCUT2D eigenvalue weighted by atomic mass is 32.2. The zero-order valence-corrected chi connectivity index (χ0v) is 21.8. The maximum atomic E-state index is 13.9. The molecule has 1 saturated carbocycles. The van der Waals surface area contributed by atoms with Crippen molar-refractivity contribution in [1.82, 2.24) is 14.5 Å². The van der Waals surface area contributed by atoms with E-state index in [0.717, 1.165) is 47.4 Å². The molecular weight excluding hydrogens is 513 g/mol. The van der Waals surface area contributed by atoms with Gasteiger partial charge in [0.05, 0.1) is 12.2 Å². The Morgan fingerprint density at radius 3 is 2.37 bits per heavy atom. The maximum Gasteiger partial charge on any atom is 0.305 e. The molecule has 2 aromatic carbocycles. The van der Waals surface area contributed by atoms with Crippen LogP contribution in [-0.4, -0.2) is 65.8 Å². The van der Waals surface area contributed by atoms with Crippen molar-refractivity contribution in [3.63, 3.8) is 0 Å². The first kappa shape index (κ1) is 27.7. The minimum atomic E-state index is -4.06. The molecule has 2 N–H and O–H groups in total. The van der Waals surface area contributed by atoms with Gasteiger partial charge in [-0.15, -0.1) is 0 Å². The normalized spacial score (nSPS) is 19.7. The lowest BCUT2D eigenvalue weighted by Crippen LogP contribution is -2.57. The van der Waals surface area contributed by atoms with E-state index in [0.29, 0.717) is 5.56 Å². The molecule has 38 heavy (non-hydrogen) atoms. The van der Waals surface area contributed by atoms with Crippen LogP contribution in [0.4, 0.5) is 4.39 Å². The van der Waals surface area contributed by atoms with Crippen LogP contribution in [0.15, 0.2) is 54.6 Å². The zero-order valence-electron chi connectivity index (χ0n) is 21.0. The molecule has 0 radical (unpaired) electrons. The number of amides is 2. The van der Waals surface area contributed by atoms with Gasteiger partial charge in [-0.25, -0.2) is 12.8 Å². The molecule has 1 aliphatic carbocycles. The van der Waals surface area contributed by atoms with Gasteiger partial charge in [-0.3, -0.25) is 14.4 Å². The largest absolute Gasteiger partial charge is 0.481 e. The fraction of sp³-hybridized carbons (Fsp3) is 0.444. The number of hydrogen-bond donors (Lipinski definition) is 2. The molecule has 2 unspecified atom stereocenters. The van der Waals surface area contributed by atoms with Crippen molar-refractivity contribution in [2.75, 3.05) is 13.1 Å². The van der Waals surface area contributed by atoms with E-state index in [9.17, 15) is 32.3 Å². The van der Waals surface area contributed by atoms with E-state index in [-0.39, 0.29) is 36.7 Å². The first-order valence-corrected chi connectivity index (χ1v) is 14.4. The summed E-state index contributed by atoms with van der Waals surface area (Å²) in [6.45, 7) is -0.199. The Morgan fingerprint density at radius 1 is 1.00 bits per heavy atom. The quantitative estimate of drug-likeness (QED) is 0.499. The molecule has 1 aliphatic heterocycles. The smallest absolute Gasteiger partial charge is 0.305 e. The summed E-state index contributed by atoms with van der Waals surface area (Å²) in [5.41, 5.74) is 0.506. The Morgan fingerprint density at radius 2 is 1.71 bits per heavy atom. The van der Waals surface area contributed by atoms with Crippen molar-refractivity contribution in [3.05, 3.63) is 71.5 Å². The van der Waals surface area contributed by atoms with Crippen molar-refractivity contribution >= 4 is 27.8 Å². The summed E-state index contributed by atoms with van der Waals surface area (Å²) in [5.74, 6) is -3.60. The van der Waals surface area contributed by atoms with E-state index in [4.69, 9.17) is 0 Å². The average Bonchev–Trinajstić information content (AvgIpc) is 3.35. The number of rotatable bonds is 9. The minimum Gasteiger partial charge on any atom is -0.481 e. The minimum absolute atomic E-state index is 0.0144. The molecule has 1 saturated heterocycles. The molecule has 2 aliphatic rings. The number of halogens is 1. The molecule has 4 rings (SSSR count). The topological polar surface area (TPSA) is 124 Å². The van der Waals surface area contributed by atoms with Crippen LogP contribution in [0.5, 0.6) is 0 Å². The Balaban J connectivity index is 1.65. The second kappa shape index (κ2) is 12.0. The Hall–Kier alpha value is -3.31. The molecule has 1 heterocycles. The third-order valence-corrected chi connectivity index (χ3v) is 8.98. The van der Waals surface area contributed by atoms with Gasteiger partial charge in [0.1, 0.15) is 5.82 Å². The van der Waals surface area contributed by atoms with Gasteiger partial charge in [0.25, 0.3) is 11.8 Å². The van der Waals surface area contributed by atoms with E-state index in [1.165, 1.54) is 18.2 Å². The van der Waals surface area contributed by atoms with Crippen LogP contribution in [0, 0.1) is 11.7 Å². The summed E-state index contributed by atoms with van der Waals surface area (Å²) in [4.78, 5) is 39.8. The fourth-order valence-electron chi connectivity index (χ4n) is 5.36. The first-order valence-electron chi connectivity index (χ1n) is 12.8. The Labute approximate surface area is 221 Å². The molecule has 0 aromatic heterocycles. The average molecular weight is 546 g/mol. The number of carboxylic acids is 1. The number of nitrogens with zero attached hydrogens (tertiary/aromatic N) is 2. The van der Waals surface area contributed by atoms with Crippen molar-refractivity contribution in [2.45, 2.75) is 56.5 Å². The van der Waals surface area contributed by atoms with Gasteiger partial charge in [0.15, 0.2) is 6.17 Å². The number of carbonyl (C=O) groups excluding carboxylic acids is 2. The number of carboxylic acid groups (broad SMARTS) is 1. The van der Waals surface area contributed by atoms with E-state index in [2.05, 4.69) is 5.32 Å². The van der Waals surface area contributed by atoms with Crippen LogP contribution >= 0.6 is 0 Å². The highest BCUT2D eigenvalue weighted by molar-refractivity contribution is 7.88. The Bertz CT molecular complexity index is 1270. The van der Waals surface area contributed by atoms with Crippen LogP contribution < -0.4 is 5.32 Å². The standard InChI is InChI=1S/C27H32FN3O6S/c28-22-13-7-12-21(16-22)27(35)30-14-15-31(38(36,37)18-19-8-3-1-4-9-19)26(30)25(34)29-23(17-24(32)33)20-10-5-2-6-11-20/h1,3-4,7-9,12-13,16,20,23,26H,2,5-6,10-11,14-15,17-18H2,(H,29,34)(H,32,33). The van der Waals surface area contributed by atoms with Gasteiger partial charge < -0.3 is 15.3 Å². The van der Waals surface area contributed by atoms with Crippen molar-refractivity contribution in [2.24, 2.45) is 5.92 Å². The van der Waals surface area contributed by atoms with Gasteiger partial charge in [-0.2, -0.15) is 4.31 Å². The molecular formula is C27H32FN3O6S. The summed E-state index contributed by atoms with van der Waals surface area (Å²) in [6.07, 6.45) is 2.55. The first-order chi connectivity index (χ1) is 18.2. The molecule has 2 aromatic rings. The molecule has 2 atom stereocenters. The lowest BCUT2D eigenvalue weighted by atomic mass is 9.82. The fourth-order valence-corrected chi connectivity index (χ4v) is 7.01. The van der Waals surface area contributed by atoms with Crippen LogP contribution in [0.3, 0.4) is 0 Å². The van der Waals surface area contributed by atoms with Crippen molar-refractivity contribution in [1.29, 1.82) is 0 Å². The van der Waals surface area contributed by atoms with Gasteiger partial charge in [-0.05, 0) is 42.5 Å². The van der Waals surface area contributed by atoms with E-state index in [1.807, 2.05) is 0 Å². The molecule has 0 bridgehead atoms. The Kier molecular flexibility index (Phi) is 8.78. The summed E-state index contributed by atoms with van der Waals surface area (Å²) in [6, 6.07) is 12.8. The second-order valence-corrected chi connectivity index (χ2v) is 11.8. The second-order valence-electron chi connectivity index (χ2n) is 9.85. The SMILES string of the molecule is O=C(O)CC(NC(=O)C1N(C(=O)c2cccc(F)c2)CCN1S(=O)(=O)Cc1ccccc1)C1CCCCC1. The molecule has 9 nitrogen and oxygen atoms in total. The van der Waals surface area contributed by atoms with Crippen LogP contribution in [0.25, 0.3) is 0 Å². The predicted molar refractivity (Wildman–Crippen MR) is 138 cm³/mol. The van der Waals surface area contributed by atoms with Gasteiger partial charge in [-0.1, -0.05) is 55.7 Å². The maximum absolute atomic E-state index is 13.9. The summed E-state index contributed by atoms with van der Waals surface area (Å²) in [7, 11) is -4.06. The third kappa shape index (κ3) is 6.57. The van der Waals surface area contributed by atoms with Crippen LogP contribution in [-0.2, 0) is 25.4 Å². The highest BCUT2D eigenvalue weighted by Gasteiger charge is 2.47. The lowest BCUT2D eigenvalue weighted by Gasteiger charge is -2.34. The van der Waals surface area contributed by atoms with Gasteiger partial charge in [0.2, 0.25) is 10.0 Å². The number of benzene rings is 2. The van der Waals surface area contributed by atoms with Gasteiger partial charge in [0, 0.05) is 24.7 Å². The van der Waals surface area contributed by atoms with E-state index < -0.39 is 45.8 Å². The molecule has 2 fully saturated rings. The highest BCUT2D eigenvalue weighted by Crippen LogP contribution is 2.29. The summed E-state index contributed by atoms with van der Waals surface area (Å²) in [5, 5.41) is 12.3. The molecule has 204 valence electrons. The van der Waals surface area contributed by atoms with Gasteiger partial charge >= 0.3 is 5.97 Å². The number of carbonyl (C=O) groups is 3. The predicted octanol–water partition coefficient (Wildman–Crippen LogP) is 2.98. The lowest BCUT2D eigenvalue weighted by molar-refractivity contribution is -0.138. The zero-order chi connectivity index (χ0) is 27.3. The third-order valence-electron chi connectivity index (χ3n) is 7.19. The van der Waals surface area contributed by atoms with Crippen molar-refractivity contribution in [3.8, 4) is 0 Å². The van der Waals surface area contributed by atoms with Crippen LogP contribution in [0.1, 0.15) is 54.4 Å². The number of sulfonamides is 1. The van der Waals surface area contributed by atoms with E-state index >= 15 is 0 Å². The number of hydrogen-bond acceptors (Lipinski definition) is 5.